The lowest BCUT2D eigenvalue weighted by atomic mass is 10.1. The molecule has 1 heterocycles. The van der Waals surface area contributed by atoms with Crippen molar-refractivity contribution >= 4 is 23.4 Å². The highest BCUT2D eigenvalue weighted by atomic mass is 19.1. The van der Waals surface area contributed by atoms with E-state index in [1.54, 1.807) is 6.07 Å². The molecule has 0 bridgehead atoms. The first-order chi connectivity index (χ1) is 12.0. The van der Waals surface area contributed by atoms with E-state index in [-0.39, 0.29) is 24.8 Å². The molecule has 25 heavy (non-hydrogen) atoms. The van der Waals surface area contributed by atoms with Gasteiger partial charge >= 0.3 is 0 Å². The van der Waals surface area contributed by atoms with E-state index in [2.05, 4.69) is 5.32 Å². The summed E-state index contributed by atoms with van der Waals surface area (Å²) in [6.45, 7) is 0.201. The van der Waals surface area contributed by atoms with Crippen LogP contribution in [0.15, 0.2) is 42.5 Å². The molecule has 2 aromatic carbocycles. The average molecular weight is 344 g/mol. The number of amides is 1. The van der Waals surface area contributed by atoms with Crippen molar-refractivity contribution in [2.45, 2.75) is 6.61 Å². The molecule has 0 spiro atoms. The van der Waals surface area contributed by atoms with Crippen LogP contribution in [0.5, 0.6) is 5.75 Å². The summed E-state index contributed by atoms with van der Waals surface area (Å²) in [4.78, 5) is 22.5. The third-order valence-electron chi connectivity index (χ3n) is 3.48. The second-order valence-corrected chi connectivity index (χ2v) is 5.19. The van der Waals surface area contributed by atoms with Crippen molar-refractivity contribution in [3.63, 3.8) is 0 Å². The Morgan fingerprint density at radius 3 is 2.88 bits per heavy atom. The fourth-order valence-corrected chi connectivity index (χ4v) is 2.36. The first-order valence-electron chi connectivity index (χ1n) is 7.30. The molecule has 0 aliphatic carbocycles. The lowest BCUT2D eigenvalue weighted by Gasteiger charge is -2.19. The number of nitro benzene ring substituents is 1. The van der Waals surface area contributed by atoms with Crippen LogP contribution in [0.4, 0.5) is 15.8 Å². The number of non-ortho nitro benzene ring substituents is 1. The highest BCUT2D eigenvalue weighted by Gasteiger charge is 2.19. The van der Waals surface area contributed by atoms with Gasteiger partial charge in [-0.15, -0.1) is 0 Å². The van der Waals surface area contributed by atoms with Crippen molar-refractivity contribution < 1.29 is 23.6 Å². The summed E-state index contributed by atoms with van der Waals surface area (Å²) in [5.41, 5.74) is 0.802. The monoisotopic (exact) mass is 344 g/mol. The Labute approximate surface area is 141 Å². The van der Waals surface area contributed by atoms with Crippen LogP contribution in [0, 0.1) is 15.9 Å². The summed E-state index contributed by atoms with van der Waals surface area (Å²) in [6.07, 6.45) is 2.54. The number of para-hydroxylation sites is 1. The number of benzene rings is 2. The number of rotatable bonds is 4. The summed E-state index contributed by atoms with van der Waals surface area (Å²) in [5, 5.41) is 13.4. The second kappa shape index (κ2) is 7.10. The smallest absolute Gasteiger partial charge is 0.270 e. The number of carbonyl (C=O) groups is 1. The lowest BCUT2D eigenvalue weighted by Crippen LogP contribution is -2.13. The Kier molecular flexibility index (Phi) is 4.71. The predicted octanol–water partition coefficient (Wildman–Crippen LogP) is 3.25. The minimum Gasteiger partial charge on any atom is -0.467 e. The summed E-state index contributed by atoms with van der Waals surface area (Å²) < 4.78 is 24.0. The average Bonchev–Trinajstić information content (AvgIpc) is 2.61. The fourth-order valence-electron chi connectivity index (χ4n) is 2.36. The topological polar surface area (TPSA) is 90.7 Å². The summed E-state index contributed by atoms with van der Waals surface area (Å²) in [6, 6.07) is 8.42. The van der Waals surface area contributed by atoms with Crippen LogP contribution >= 0.6 is 0 Å². The van der Waals surface area contributed by atoms with E-state index in [0.29, 0.717) is 16.9 Å². The number of hydrogen-bond acceptors (Lipinski definition) is 5. The Bertz CT molecular complexity index is 866. The van der Waals surface area contributed by atoms with Crippen molar-refractivity contribution in [1.82, 2.24) is 0 Å². The standard InChI is InChI=1S/C17H13FN2O5/c18-14-3-1-2-4-15(14)19-16(21)6-5-11-7-13(20(22)23)8-12-9-24-10-25-17(11)12/h1-8H,9-10H2,(H,19,21). The second-order valence-electron chi connectivity index (χ2n) is 5.19. The van der Waals surface area contributed by atoms with Gasteiger partial charge in [0.1, 0.15) is 11.6 Å². The van der Waals surface area contributed by atoms with Crippen molar-refractivity contribution in [2.24, 2.45) is 0 Å². The van der Waals surface area contributed by atoms with Gasteiger partial charge in [0.2, 0.25) is 5.91 Å². The normalized spacial score (nSPS) is 13.2. The van der Waals surface area contributed by atoms with E-state index in [1.807, 2.05) is 0 Å². The Hall–Kier alpha value is -3.26. The van der Waals surface area contributed by atoms with Crippen LogP contribution in [0.25, 0.3) is 6.08 Å². The molecule has 0 fully saturated rings. The van der Waals surface area contributed by atoms with Crippen LogP contribution < -0.4 is 10.1 Å². The zero-order valence-electron chi connectivity index (χ0n) is 12.9. The molecular weight excluding hydrogens is 331 g/mol. The Morgan fingerprint density at radius 2 is 2.12 bits per heavy atom. The van der Waals surface area contributed by atoms with Gasteiger partial charge in [-0.1, -0.05) is 12.1 Å². The van der Waals surface area contributed by atoms with Gasteiger partial charge in [0.15, 0.2) is 6.79 Å². The van der Waals surface area contributed by atoms with Gasteiger partial charge in [-0.25, -0.2) is 4.39 Å². The number of hydrogen-bond donors (Lipinski definition) is 1. The fraction of sp³-hybridized carbons (Fsp3) is 0.118. The van der Waals surface area contributed by atoms with Crippen LogP contribution in [-0.4, -0.2) is 17.6 Å². The minimum atomic E-state index is -0.572. The quantitative estimate of drug-likeness (QED) is 0.522. The predicted molar refractivity (Wildman–Crippen MR) is 87.4 cm³/mol. The van der Waals surface area contributed by atoms with Crippen LogP contribution in [0.1, 0.15) is 11.1 Å². The zero-order chi connectivity index (χ0) is 17.8. The molecule has 0 saturated heterocycles. The molecule has 7 nitrogen and oxygen atoms in total. The first kappa shape index (κ1) is 16.6. The molecule has 0 saturated carbocycles. The number of nitrogens with zero attached hydrogens (tertiary/aromatic N) is 1. The molecule has 0 aromatic heterocycles. The lowest BCUT2D eigenvalue weighted by molar-refractivity contribution is -0.385. The zero-order valence-corrected chi connectivity index (χ0v) is 12.9. The third-order valence-corrected chi connectivity index (χ3v) is 3.48. The van der Waals surface area contributed by atoms with Gasteiger partial charge in [0.25, 0.3) is 5.69 Å². The molecule has 1 aliphatic heterocycles. The van der Waals surface area contributed by atoms with Gasteiger partial charge in [-0.3, -0.25) is 14.9 Å². The van der Waals surface area contributed by atoms with E-state index in [0.717, 1.165) is 6.08 Å². The van der Waals surface area contributed by atoms with E-state index in [4.69, 9.17) is 9.47 Å². The van der Waals surface area contributed by atoms with Crippen molar-refractivity contribution in [3.8, 4) is 5.75 Å². The highest BCUT2D eigenvalue weighted by molar-refractivity contribution is 6.02. The van der Waals surface area contributed by atoms with E-state index in [1.165, 1.54) is 36.4 Å². The van der Waals surface area contributed by atoms with Crippen LogP contribution in [-0.2, 0) is 16.1 Å². The molecule has 3 rings (SSSR count). The summed E-state index contributed by atoms with van der Waals surface area (Å²) >= 11 is 0. The van der Waals surface area contributed by atoms with Crippen LogP contribution in [0.3, 0.4) is 0 Å². The minimum absolute atomic E-state index is 0.0209. The van der Waals surface area contributed by atoms with Gasteiger partial charge in [0.05, 0.1) is 17.2 Å². The molecule has 1 amide bonds. The molecule has 8 heteroatoms. The number of nitrogens with one attached hydrogen (secondary N) is 1. The van der Waals surface area contributed by atoms with Gasteiger partial charge in [-0.05, 0) is 18.2 Å². The van der Waals surface area contributed by atoms with E-state index in [9.17, 15) is 19.3 Å². The van der Waals surface area contributed by atoms with Gasteiger partial charge in [0, 0.05) is 29.3 Å². The maximum atomic E-state index is 13.5. The molecule has 1 N–H and O–H groups in total. The summed E-state index contributed by atoms with van der Waals surface area (Å²) in [7, 11) is 0. The number of anilines is 1. The molecule has 0 radical (unpaired) electrons. The first-order valence-corrected chi connectivity index (χ1v) is 7.30. The number of fused-ring (bicyclic) bond motifs is 1. The van der Waals surface area contributed by atoms with Gasteiger partial charge in [-0.2, -0.15) is 0 Å². The molecule has 0 atom stereocenters. The molecule has 2 aromatic rings. The molecule has 1 aliphatic rings. The van der Waals surface area contributed by atoms with E-state index >= 15 is 0 Å². The highest BCUT2D eigenvalue weighted by Crippen LogP contribution is 2.33. The maximum Gasteiger partial charge on any atom is 0.270 e. The van der Waals surface area contributed by atoms with Crippen LogP contribution in [0.2, 0.25) is 0 Å². The number of halogens is 1. The SMILES string of the molecule is O=C(C=Cc1cc([N+](=O)[O-])cc2c1OCOC2)Nc1ccccc1F. The number of carbonyl (C=O) groups excluding carboxylic acids is 1. The molecule has 128 valence electrons. The number of ether oxygens (including phenoxy) is 2. The molecular formula is C17H13FN2O5. The summed E-state index contributed by atoms with van der Waals surface area (Å²) in [5.74, 6) is -0.707. The Balaban J connectivity index is 1.85. The van der Waals surface area contributed by atoms with Crippen molar-refractivity contribution in [3.05, 3.63) is 69.5 Å². The maximum absolute atomic E-state index is 13.5. The largest absolute Gasteiger partial charge is 0.467 e. The van der Waals surface area contributed by atoms with E-state index < -0.39 is 16.6 Å². The van der Waals surface area contributed by atoms with Gasteiger partial charge < -0.3 is 14.8 Å². The van der Waals surface area contributed by atoms with Crippen molar-refractivity contribution in [2.75, 3.05) is 12.1 Å². The van der Waals surface area contributed by atoms with Crippen molar-refractivity contribution in [1.29, 1.82) is 0 Å². The Morgan fingerprint density at radius 1 is 1.32 bits per heavy atom. The molecule has 0 unspecified atom stereocenters. The number of nitro groups is 1. The third kappa shape index (κ3) is 3.81.